The number of allylic oxidation sites excluding steroid dienone is 1. The molecule has 0 saturated carbocycles. The van der Waals surface area contributed by atoms with Crippen molar-refractivity contribution in [1.29, 1.82) is 0 Å². The lowest BCUT2D eigenvalue weighted by atomic mass is 9.85. The highest BCUT2D eigenvalue weighted by Crippen LogP contribution is 2.40. The molecule has 3 aromatic rings. The molecule has 2 aromatic carbocycles. The molecule has 1 aromatic heterocycles. The van der Waals surface area contributed by atoms with Gasteiger partial charge in [0.1, 0.15) is 18.3 Å². The topological polar surface area (TPSA) is 286 Å². The van der Waals surface area contributed by atoms with Crippen molar-refractivity contribution in [2.75, 3.05) is 140 Å². The van der Waals surface area contributed by atoms with Crippen LogP contribution in [0.15, 0.2) is 74.1 Å². The molecular formula is C59H85N11O13S. The van der Waals surface area contributed by atoms with Crippen LogP contribution in [0.1, 0.15) is 81.4 Å². The monoisotopic (exact) mass is 1190 g/mol. The first-order valence-corrected chi connectivity index (χ1v) is 30.7. The van der Waals surface area contributed by atoms with E-state index in [1.54, 1.807) is 0 Å². The number of aliphatic hydroxyl groups is 1. The van der Waals surface area contributed by atoms with Crippen LogP contribution in [-0.4, -0.2) is 209 Å². The number of anilines is 3. The number of aromatic nitrogens is 1. The summed E-state index contributed by atoms with van der Waals surface area (Å²) in [6.07, 6.45) is 2.12. The summed E-state index contributed by atoms with van der Waals surface area (Å²) < 4.78 is 33.6. The zero-order valence-electron chi connectivity index (χ0n) is 49.0. The number of morpholine rings is 1. The Labute approximate surface area is 494 Å². The normalized spacial score (nSPS) is 20.4. The number of carbonyl (C=O) groups is 6. The third-order valence-electron chi connectivity index (χ3n) is 15.4. The van der Waals surface area contributed by atoms with E-state index >= 15 is 0 Å². The lowest BCUT2D eigenvalue weighted by molar-refractivity contribution is -0.144. The lowest BCUT2D eigenvalue weighted by Crippen LogP contribution is -2.57. The van der Waals surface area contributed by atoms with E-state index in [1.165, 1.54) is 16.1 Å². The van der Waals surface area contributed by atoms with E-state index in [0.717, 1.165) is 22.5 Å². The number of thiol groups is 1. The number of aliphatic imine (C=N–C) groups is 1. The smallest absolute Gasteiger partial charge is 0.298 e. The average molecular weight is 1190 g/mol. The van der Waals surface area contributed by atoms with Crippen molar-refractivity contribution in [3.8, 4) is 0 Å². The Morgan fingerprint density at radius 2 is 1.45 bits per heavy atom. The zero-order valence-corrected chi connectivity index (χ0v) is 49.9. The fraction of sp³-hybridized carbons (Fsp3) is 0.593. The molecule has 0 bridgehead atoms. The molecule has 5 aliphatic heterocycles. The quantitative estimate of drug-likeness (QED) is 0.0450. The number of ether oxygens (including phenoxy) is 5. The number of benzene rings is 2. The summed E-state index contributed by atoms with van der Waals surface area (Å²) in [5.74, 6) is -2.00. The summed E-state index contributed by atoms with van der Waals surface area (Å²) in [4.78, 5) is 98.7. The highest BCUT2D eigenvalue weighted by Gasteiger charge is 2.44. The summed E-state index contributed by atoms with van der Waals surface area (Å²) in [5, 5.41) is 21.6. The van der Waals surface area contributed by atoms with E-state index in [9.17, 15) is 33.9 Å². The third-order valence-corrected chi connectivity index (χ3v) is 17.3. The van der Waals surface area contributed by atoms with E-state index in [0.29, 0.717) is 130 Å². The van der Waals surface area contributed by atoms with Crippen molar-refractivity contribution >= 4 is 69.3 Å². The summed E-state index contributed by atoms with van der Waals surface area (Å²) in [6.45, 7) is 16.9. The van der Waals surface area contributed by atoms with Crippen LogP contribution in [0, 0.1) is 11.3 Å². The van der Waals surface area contributed by atoms with E-state index in [1.807, 2.05) is 79.4 Å². The second kappa shape index (κ2) is 31.1. The second-order valence-electron chi connectivity index (χ2n) is 22.8. The van der Waals surface area contributed by atoms with Crippen molar-refractivity contribution in [2.24, 2.45) is 22.1 Å². The fourth-order valence-electron chi connectivity index (χ4n) is 10.6. The molecule has 0 spiro atoms. The molecule has 6 N–H and O–H groups in total. The number of primary amides is 1. The predicted octanol–water partition coefficient (Wildman–Crippen LogP) is 3.03. The van der Waals surface area contributed by atoms with E-state index in [-0.39, 0.29) is 93.3 Å². The number of aliphatic hydroxyl groups excluding tert-OH is 1. The number of piperidine rings is 1. The predicted molar refractivity (Wildman–Crippen MR) is 318 cm³/mol. The van der Waals surface area contributed by atoms with Crippen molar-refractivity contribution in [3.63, 3.8) is 0 Å². The van der Waals surface area contributed by atoms with Crippen molar-refractivity contribution in [1.82, 2.24) is 30.3 Å². The van der Waals surface area contributed by atoms with E-state index < -0.39 is 40.4 Å². The molecule has 84 heavy (non-hydrogen) atoms. The number of carbonyl (C=O) groups excluding carboxylic acids is 6. The Bertz CT molecular complexity index is 2750. The van der Waals surface area contributed by atoms with Gasteiger partial charge in [0.15, 0.2) is 5.69 Å². The highest BCUT2D eigenvalue weighted by molar-refractivity contribution is 8.31. The number of oxazole rings is 1. The molecule has 6 amide bonds. The van der Waals surface area contributed by atoms with Gasteiger partial charge in [0.2, 0.25) is 29.5 Å². The number of nitrogens with zero attached hydrogens (tertiary/aromatic N) is 7. The SMILES string of the molecule is CC1=C[SH](c2ccc(CNC(=O)[C@@H]3C[C@@H](O)CN3C(=O)[C@@H](NC(=O)CCOCCOCCOCCOCCC(=O)N3CCN(Cc4ccc(NC(=O)c5coc(N6CCOCC6)n5)c(N5CCC(C(N)=O)CC5)c4)CC3)C(C)(C)C)cc2)C=N1. The summed E-state index contributed by atoms with van der Waals surface area (Å²) in [6, 6.07) is 12.6. The zero-order chi connectivity index (χ0) is 59.6. The Balaban J connectivity index is 0.654. The molecule has 5 aliphatic rings. The minimum atomic E-state index is -0.942. The van der Waals surface area contributed by atoms with Gasteiger partial charge in [-0.3, -0.25) is 38.7 Å². The van der Waals surface area contributed by atoms with Crippen LogP contribution < -0.4 is 31.5 Å². The number of β-amino-alcohol motifs (C(OH)–C–C–N with tert-alkyl or cyclic N) is 1. The molecule has 0 radical (unpaired) electrons. The number of rotatable bonds is 28. The minimum Gasteiger partial charge on any atom is -0.431 e. The molecule has 0 aliphatic carbocycles. The molecule has 4 saturated heterocycles. The standard InChI is InChI=1S/C59H85N11O13S/c1-41-39-84(40-62-41)46-8-5-42(6-9-46)35-61-56(76)50-34-45(71)37-70(50)57(77)53(59(2,3)4)65-51(72)13-23-78-27-29-81-31-32-82-30-28-79-24-14-52(73)68-19-17-66(18-20-68)36-43-7-10-47(49(33-43)67-15-11-44(12-16-67)54(60)74)63-55(75)48-38-83-58(64-48)69-21-25-80-26-22-69/h5-10,33,38-40,44-45,50,53,71,84H,11-32,34-37H2,1-4H3,(H2,60,74)(H,61,76)(H,63,75)(H,65,72)/t45-,50+,53-/m1/s1. The molecule has 6 heterocycles. The Hall–Kier alpha value is -6.45. The molecule has 1 unspecified atom stereocenters. The number of piperazine rings is 1. The number of nitrogens with two attached hydrogens (primary N) is 1. The maximum absolute atomic E-state index is 14.0. The van der Waals surface area contributed by atoms with Crippen molar-refractivity contribution < 1.29 is 62.0 Å². The van der Waals surface area contributed by atoms with Crippen molar-refractivity contribution in [2.45, 2.75) is 96.0 Å². The first-order valence-electron chi connectivity index (χ1n) is 29.2. The molecule has 460 valence electrons. The number of nitrogens with one attached hydrogen (secondary N) is 3. The Morgan fingerprint density at radius 3 is 2.08 bits per heavy atom. The van der Waals surface area contributed by atoms with Crippen LogP contribution >= 0.6 is 10.9 Å². The van der Waals surface area contributed by atoms with Gasteiger partial charge in [0.05, 0.1) is 90.0 Å². The second-order valence-corrected chi connectivity index (χ2v) is 24.6. The van der Waals surface area contributed by atoms with Gasteiger partial charge in [-0.15, -0.1) is 0 Å². The van der Waals surface area contributed by atoms with Crippen LogP contribution in [0.3, 0.4) is 0 Å². The number of likely N-dealkylation sites (tertiary alicyclic amines) is 1. The maximum Gasteiger partial charge on any atom is 0.298 e. The van der Waals surface area contributed by atoms with Crippen LogP contribution in [0.25, 0.3) is 0 Å². The van der Waals surface area contributed by atoms with E-state index in [2.05, 4.69) is 47.2 Å². The Morgan fingerprint density at radius 1 is 0.810 bits per heavy atom. The molecule has 4 atom stereocenters. The molecular weight excluding hydrogens is 1100 g/mol. The van der Waals surface area contributed by atoms with Crippen molar-refractivity contribution in [3.05, 3.63) is 76.7 Å². The van der Waals surface area contributed by atoms with Crippen LogP contribution in [0.5, 0.6) is 0 Å². The minimum absolute atomic E-state index is 0.0113. The van der Waals surface area contributed by atoms with E-state index in [4.69, 9.17) is 33.8 Å². The maximum atomic E-state index is 14.0. The summed E-state index contributed by atoms with van der Waals surface area (Å²) >= 11 is 0. The molecule has 24 nitrogen and oxygen atoms in total. The molecule has 8 rings (SSSR count). The van der Waals surface area contributed by atoms with Gasteiger partial charge in [-0.1, -0.05) is 39.0 Å². The first kappa shape index (κ1) is 63.6. The number of amides is 6. The highest BCUT2D eigenvalue weighted by atomic mass is 32.2. The Kier molecular flexibility index (Phi) is 23.5. The van der Waals surface area contributed by atoms with Gasteiger partial charge in [0, 0.05) is 102 Å². The van der Waals surface area contributed by atoms with Gasteiger partial charge in [0.25, 0.3) is 11.9 Å². The van der Waals surface area contributed by atoms with Crippen LogP contribution in [0.4, 0.5) is 17.4 Å². The van der Waals surface area contributed by atoms with Gasteiger partial charge < -0.3 is 74.5 Å². The first-order chi connectivity index (χ1) is 40.5. The molecule has 25 heteroatoms. The van der Waals surface area contributed by atoms with Crippen LogP contribution in [0.2, 0.25) is 0 Å². The van der Waals surface area contributed by atoms with Gasteiger partial charge >= 0.3 is 0 Å². The molecule has 4 fully saturated rings. The fourth-order valence-corrected chi connectivity index (χ4v) is 12.2. The largest absolute Gasteiger partial charge is 0.431 e. The summed E-state index contributed by atoms with van der Waals surface area (Å²) in [7, 11) is -0.566. The van der Waals surface area contributed by atoms with Gasteiger partial charge in [-0.2, -0.15) is 15.9 Å². The summed E-state index contributed by atoms with van der Waals surface area (Å²) in [5.41, 5.74) is 11.6. The lowest BCUT2D eigenvalue weighted by Gasteiger charge is -2.36. The van der Waals surface area contributed by atoms with Crippen LogP contribution in [-0.2, 0) is 60.7 Å². The van der Waals surface area contributed by atoms with Gasteiger partial charge in [-0.25, -0.2) is 0 Å². The number of hydrogen-bond acceptors (Lipinski definition) is 18. The number of hydrogen-bond donors (Lipinski definition) is 6. The average Bonchev–Trinajstić information content (AvgIpc) is 4.07. The third kappa shape index (κ3) is 18.5. The van der Waals surface area contributed by atoms with Gasteiger partial charge in [-0.05, 0) is 70.9 Å².